The molecule has 0 aliphatic carbocycles. The molecule has 0 aliphatic heterocycles. The number of unbranched alkanes of at least 4 members (excludes halogenated alkanes) is 9. The van der Waals surface area contributed by atoms with Crippen LogP contribution in [0.4, 0.5) is 4.79 Å². The number of alkyl halides is 3. The molecular formula is C42H76Cl3N5O11S. The predicted octanol–water partition coefficient (Wildman–Crippen LogP) is 6.42. The number of ether oxygens (including phenoxy) is 5. The molecule has 0 unspecified atom stereocenters. The first-order valence-corrected chi connectivity index (χ1v) is 23.8. The molecule has 20 heteroatoms. The minimum atomic E-state index is -1.91. The number of nitrogens with two attached hydrogens (primary N) is 1. The van der Waals surface area contributed by atoms with E-state index in [1.807, 2.05) is 0 Å². The lowest BCUT2D eigenvalue weighted by Gasteiger charge is -2.30. The molecule has 0 rings (SSSR count). The van der Waals surface area contributed by atoms with Gasteiger partial charge in [0.1, 0.15) is 36.4 Å². The molecule has 0 saturated heterocycles. The molecule has 62 heavy (non-hydrogen) atoms. The first kappa shape index (κ1) is 59.7. The molecule has 0 aromatic heterocycles. The quantitative estimate of drug-likeness (QED) is 0.0289. The Labute approximate surface area is 389 Å². The van der Waals surface area contributed by atoms with Crippen LogP contribution in [0.25, 0.3) is 0 Å². The smallest absolute Gasteiger partial charge is 0.407 e. The Kier molecular flexibility index (Phi) is 29.7. The summed E-state index contributed by atoms with van der Waals surface area (Å²) in [6.07, 6.45) is 10.5. The van der Waals surface area contributed by atoms with Crippen molar-refractivity contribution in [3.63, 3.8) is 0 Å². The largest absolute Gasteiger partial charge is 0.458 e. The zero-order valence-corrected chi connectivity index (χ0v) is 41.7. The Morgan fingerprint density at radius 1 is 0.597 bits per heavy atom. The van der Waals surface area contributed by atoms with E-state index in [9.17, 15) is 28.8 Å². The van der Waals surface area contributed by atoms with E-state index in [4.69, 9.17) is 64.2 Å². The van der Waals surface area contributed by atoms with Crippen molar-refractivity contribution in [2.24, 2.45) is 5.73 Å². The summed E-state index contributed by atoms with van der Waals surface area (Å²) in [5, 5.41) is 10.1. The standard InChI is InChI=1S/C42H76Cl3N5O11S/c1-11-12-13-14-15-16-17-18-19-20-21-57-22-23-62-27-32(50-38(56)58-28-42(43,44)45)36(54)49-31(26-60-40(5,6)7)35(53)48-30(25-59-39(2,3)4)34(52)47-29(24-33(46)51)37(55)61-41(8,9)10/h29-32H,11-28H2,1-10H3,(H2,46,51)(H,47,52)(H,48,53)(H,49,54)(H,50,56)/t29-,30-,31-,32-/m0/s1. The first-order chi connectivity index (χ1) is 28.6. The summed E-state index contributed by atoms with van der Waals surface area (Å²) in [4.78, 5) is 79.2. The minimum absolute atomic E-state index is 0.0428. The second kappa shape index (κ2) is 30.8. The van der Waals surface area contributed by atoms with Crippen molar-refractivity contribution >= 4 is 82.3 Å². The van der Waals surface area contributed by atoms with Crippen LogP contribution in [-0.4, -0.2) is 125 Å². The van der Waals surface area contributed by atoms with Gasteiger partial charge in [0.05, 0.1) is 37.4 Å². The van der Waals surface area contributed by atoms with Gasteiger partial charge in [0.15, 0.2) is 0 Å². The number of hydrogen-bond acceptors (Lipinski definition) is 12. The van der Waals surface area contributed by atoms with E-state index in [0.29, 0.717) is 19.0 Å². The first-order valence-electron chi connectivity index (χ1n) is 21.5. The van der Waals surface area contributed by atoms with Crippen molar-refractivity contribution in [2.75, 3.05) is 44.5 Å². The molecule has 0 aliphatic rings. The number of alkyl carbamates (subject to hydrolysis) is 1. The van der Waals surface area contributed by atoms with Crippen molar-refractivity contribution in [3.8, 4) is 0 Å². The third-order valence-corrected chi connectivity index (χ3v) is 9.67. The Morgan fingerprint density at radius 2 is 1.05 bits per heavy atom. The fourth-order valence-electron chi connectivity index (χ4n) is 5.24. The van der Waals surface area contributed by atoms with E-state index in [1.165, 1.54) is 63.1 Å². The number of nitrogens with one attached hydrogen (secondary N) is 4. The molecule has 0 radical (unpaired) electrons. The van der Waals surface area contributed by atoms with Gasteiger partial charge < -0.3 is 50.7 Å². The molecular weight excluding hydrogens is 889 g/mol. The number of amides is 5. The van der Waals surface area contributed by atoms with Gasteiger partial charge in [-0.05, 0) is 68.7 Å². The van der Waals surface area contributed by atoms with E-state index in [-0.39, 0.29) is 19.0 Å². The van der Waals surface area contributed by atoms with Crippen molar-refractivity contribution in [1.82, 2.24) is 21.3 Å². The van der Waals surface area contributed by atoms with Crippen molar-refractivity contribution in [3.05, 3.63) is 0 Å². The van der Waals surface area contributed by atoms with Crippen LogP contribution in [0.2, 0.25) is 0 Å². The van der Waals surface area contributed by atoms with Crippen molar-refractivity contribution < 1.29 is 52.5 Å². The number of thioether (sulfide) groups is 1. The normalized spacial score (nSPS) is 14.2. The van der Waals surface area contributed by atoms with Gasteiger partial charge in [-0.25, -0.2) is 9.59 Å². The summed E-state index contributed by atoms with van der Waals surface area (Å²) >= 11 is 18.6. The maximum atomic E-state index is 14.0. The fourth-order valence-corrected chi connectivity index (χ4v) is 6.28. The average Bonchev–Trinajstić information content (AvgIpc) is 3.12. The van der Waals surface area contributed by atoms with Crippen LogP contribution in [0.1, 0.15) is 140 Å². The molecule has 362 valence electrons. The molecule has 0 bridgehead atoms. The number of halogens is 3. The molecule has 0 spiro atoms. The molecule has 0 saturated carbocycles. The van der Waals surface area contributed by atoms with E-state index in [2.05, 4.69) is 28.2 Å². The van der Waals surface area contributed by atoms with Crippen LogP contribution < -0.4 is 27.0 Å². The summed E-state index contributed by atoms with van der Waals surface area (Å²) < 4.78 is 26.0. The topological polar surface area (TPSA) is 223 Å². The molecule has 0 aromatic carbocycles. The monoisotopic (exact) mass is 963 g/mol. The molecule has 5 amide bonds. The SMILES string of the molecule is CCCCCCCCCCCCOCCSC[C@H](NC(=O)OCC(Cl)(Cl)Cl)C(=O)N[C@@H](COC(C)(C)C)C(=O)N[C@@H](COC(C)(C)C)C(=O)N[C@@H](CC(N)=O)C(=O)OC(C)(C)C. The highest BCUT2D eigenvalue weighted by molar-refractivity contribution is 7.99. The van der Waals surface area contributed by atoms with Crippen LogP contribution >= 0.6 is 46.6 Å². The molecule has 4 atom stereocenters. The van der Waals surface area contributed by atoms with Gasteiger partial charge in [0.2, 0.25) is 27.4 Å². The van der Waals surface area contributed by atoms with Gasteiger partial charge in [-0.3, -0.25) is 19.2 Å². The lowest BCUT2D eigenvalue weighted by Crippen LogP contribution is -2.61. The van der Waals surface area contributed by atoms with Gasteiger partial charge in [-0.15, -0.1) is 0 Å². The lowest BCUT2D eigenvalue weighted by atomic mass is 10.1. The summed E-state index contributed by atoms with van der Waals surface area (Å²) in [6.45, 7) is 17.2. The van der Waals surface area contributed by atoms with E-state index in [0.717, 1.165) is 12.8 Å². The van der Waals surface area contributed by atoms with Crippen molar-refractivity contribution in [1.29, 1.82) is 0 Å². The van der Waals surface area contributed by atoms with Crippen LogP contribution in [-0.2, 0) is 47.7 Å². The van der Waals surface area contributed by atoms with Gasteiger partial charge >= 0.3 is 12.1 Å². The molecule has 6 N–H and O–H groups in total. The highest BCUT2D eigenvalue weighted by atomic mass is 35.6. The summed E-state index contributed by atoms with van der Waals surface area (Å²) in [5.74, 6) is -3.82. The number of primary amides is 1. The molecule has 0 fully saturated rings. The highest BCUT2D eigenvalue weighted by Crippen LogP contribution is 2.26. The van der Waals surface area contributed by atoms with Crippen molar-refractivity contribution in [2.45, 2.75) is 185 Å². The minimum Gasteiger partial charge on any atom is -0.458 e. The molecule has 0 heterocycles. The highest BCUT2D eigenvalue weighted by Gasteiger charge is 2.35. The summed E-state index contributed by atoms with van der Waals surface area (Å²) in [6, 6.07) is -5.60. The number of carbonyl (C=O) groups excluding carboxylic acids is 6. The van der Waals surface area contributed by atoms with E-state index < -0.39 is 93.5 Å². The van der Waals surface area contributed by atoms with Gasteiger partial charge in [0, 0.05) is 18.1 Å². The molecule has 0 aromatic rings. The third kappa shape index (κ3) is 34.2. The fraction of sp³-hybridized carbons (Fsp3) is 0.857. The zero-order valence-electron chi connectivity index (χ0n) is 38.6. The Hall–Kier alpha value is -2.28. The Morgan fingerprint density at radius 3 is 1.48 bits per heavy atom. The van der Waals surface area contributed by atoms with Gasteiger partial charge in [0.25, 0.3) is 0 Å². The molecule has 16 nitrogen and oxygen atoms in total. The second-order valence-corrected chi connectivity index (χ2v) is 21.7. The Balaban J connectivity index is 5.98. The zero-order chi connectivity index (χ0) is 47.6. The average molecular weight is 966 g/mol. The summed E-state index contributed by atoms with van der Waals surface area (Å²) in [5.41, 5.74) is 2.87. The predicted molar refractivity (Wildman–Crippen MR) is 245 cm³/mol. The van der Waals surface area contributed by atoms with Gasteiger partial charge in [-0.2, -0.15) is 11.8 Å². The van der Waals surface area contributed by atoms with Crippen LogP contribution in [0.3, 0.4) is 0 Å². The number of hydrogen-bond donors (Lipinski definition) is 5. The third-order valence-electron chi connectivity index (χ3n) is 8.32. The summed E-state index contributed by atoms with van der Waals surface area (Å²) in [7, 11) is 0. The van der Waals surface area contributed by atoms with E-state index >= 15 is 0 Å². The van der Waals surface area contributed by atoms with Crippen LogP contribution in [0.5, 0.6) is 0 Å². The number of rotatable bonds is 31. The van der Waals surface area contributed by atoms with E-state index in [1.54, 1.807) is 62.3 Å². The Bertz CT molecular complexity index is 1350. The second-order valence-electron chi connectivity index (χ2n) is 18.0. The maximum absolute atomic E-state index is 14.0. The van der Waals surface area contributed by atoms with Gasteiger partial charge in [-0.1, -0.05) is 99.5 Å². The number of esters is 1. The van der Waals surface area contributed by atoms with Crippen LogP contribution in [0, 0.1) is 0 Å². The maximum Gasteiger partial charge on any atom is 0.407 e. The lowest BCUT2D eigenvalue weighted by molar-refractivity contribution is -0.160. The number of carbonyl (C=O) groups is 6. The van der Waals surface area contributed by atoms with Crippen LogP contribution in [0.15, 0.2) is 0 Å².